The van der Waals surface area contributed by atoms with Crippen molar-refractivity contribution in [1.29, 1.82) is 5.41 Å². The molecule has 136 valence electrons. The maximum absolute atomic E-state index is 13.6. The van der Waals surface area contributed by atoms with E-state index in [2.05, 4.69) is 5.32 Å². The van der Waals surface area contributed by atoms with E-state index in [1.807, 2.05) is 20.0 Å². The lowest BCUT2D eigenvalue weighted by Crippen LogP contribution is -2.62. The van der Waals surface area contributed by atoms with Gasteiger partial charge in [-0.15, -0.1) is 0 Å². The molecule has 8 heteroatoms. The monoisotopic (exact) mass is 373 g/mol. The summed E-state index contributed by atoms with van der Waals surface area (Å²) in [4.78, 5) is 0. The molecule has 2 atom stereocenters. The Bertz CT molecular complexity index is 978. The first-order valence-electron chi connectivity index (χ1n) is 8.25. The van der Waals surface area contributed by atoms with E-state index < -0.39 is 20.8 Å². The molecule has 5 nitrogen and oxygen atoms in total. The van der Waals surface area contributed by atoms with Gasteiger partial charge in [0.1, 0.15) is 18.9 Å². The Morgan fingerprint density at radius 2 is 1.85 bits per heavy atom. The van der Waals surface area contributed by atoms with Gasteiger partial charge in [-0.25, -0.2) is 17.1 Å². The van der Waals surface area contributed by atoms with Crippen LogP contribution >= 0.6 is 0 Å². The van der Waals surface area contributed by atoms with Crippen molar-refractivity contribution in [3.8, 4) is 0 Å². The molecule has 0 unspecified atom stereocenters. The first kappa shape index (κ1) is 18.4. The summed E-state index contributed by atoms with van der Waals surface area (Å²) in [5.41, 5.74) is 1.80. The first-order valence-corrected chi connectivity index (χ1v) is 9.75. The second-order valence-corrected chi connectivity index (χ2v) is 8.99. The zero-order chi connectivity index (χ0) is 19.3. The minimum Gasteiger partial charge on any atom is -0.345 e. The molecule has 1 fully saturated rings. The normalized spacial score (nSPS) is 25.0. The number of guanidine groups is 1. The van der Waals surface area contributed by atoms with Crippen LogP contribution < -0.4 is 10.8 Å². The summed E-state index contributed by atoms with van der Waals surface area (Å²) < 4.78 is 41.1. The Kier molecular flexibility index (Phi) is 4.34. The fourth-order valence-corrected chi connectivity index (χ4v) is 5.54. The van der Waals surface area contributed by atoms with Crippen LogP contribution in [0.1, 0.15) is 28.9 Å². The Balaban J connectivity index is 2.28. The number of nitrogens with one attached hydrogen (secondary N) is 2. The fraction of sp³-hybridized carbons (Fsp3) is 0.278. The predicted octanol–water partition coefficient (Wildman–Crippen LogP) is 1.15. The second-order valence-electron chi connectivity index (χ2n) is 6.94. The third-order valence-electron chi connectivity index (χ3n) is 5.02. The Morgan fingerprint density at radius 3 is 2.42 bits per heavy atom. The van der Waals surface area contributed by atoms with Crippen LogP contribution in [0, 0.1) is 18.2 Å². The Morgan fingerprint density at radius 1 is 1.23 bits per heavy atom. The number of nitrogens with zero attached hydrogens (tertiary/aromatic N) is 1. The van der Waals surface area contributed by atoms with E-state index in [0.29, 0.717) is 16.7 Å². The van der Waals surface area contributed by atoms with Crippen LogP contribution in [0.15, 0.2) is 42.5 Å². The topological polar surface area (TPSA) is 73.3 Å². The third-order valence-corrected chi connectivity index (χ3v) is 7.31. The number of rotatable bonds is 2. The molecule has 0 bridgehead atoms. The molecule has 3 rings (SSSR count). The lowest BCUT2D eigenvalue weighted by molar-refractivity contribution is 0.355. The van der Waals surface area contributed by atoms with Crippen LogP contribution in [0.4, 0.5) is 4.39 Å². The highest BCUT2D eigenvalue weighted by Gasteiger charge is 2.52. The third kappa shape index (κ3) is 2.78. The van der Waals surface area contributed by atoms with Gasteiger partial charge < -0.3 is 5.32 Å². The number of aryl methyl sites for hydroxylation is 1. The van der Waals surface area contributed by atoms with Gasteiger partial charge in [0.25, 0.3) is 0 Å². The maximum atomic E-state index is 13.6. The summed E-state index contributed by atoms with van der Waals surface area (Å²) in [6, 6.07) is 11.6. The molecule has 2 aromatic rings. The van der Waals surface area contributed by atoms with Crippen molar-refractivity contribution in [2.24, 2.45) is 0 Å². The number of halogens is 1. The zero-order valence-corrected chi connectivity index (χ0v) is 16.0. The van der Waals surface area contributed by atoms with E-state index in [9.17, 15) is 12.8 Å². The Labute approximate surface area is 154 Å². The number of sulfonamides is 1. The second kappa shape index (κ2) is 6.12. The van der Waals surface area contributed by atoms with Crippen molar-refractivity contribution in [3.63, 3.8) is 0 Å². The van der Waals surface area contributed by atoms with Crippen molar-refractivity contribution in [2.45, 2.75) is 24.6 Å². The SMILES string of the molecule is Bc1ccc([C@@H]2[C@@](C)(c3ccc(F)cc3C)NC(=N)N(C)S2(=O)=O)cc1. The lowest BCUT2D eigenvalue weighted by Gasteiger charge is -2.47. The van der Waals surface area contributed by atoms with Crippen LogP contribution in [0.2, 0.25) is 0 Å². The van der Waals surface area contributed by atoms with E-state index in [1.165, 1.54) is 19.2 Å². The minimum atomic E-state index is -3.85. The van der Waals surface area contributed by atoms with Gasteiger partial charge in [-0.1, -0.05) is 35.8 Å². The maximum Gasteiger partial charge on any atom is 0.246 e. The van der Waals surface area contributed by atoms with E-state index in [0.717, 1.165) is 9.77 Å². The first-order chi connectivity index (χ1) is 12.1. The fourth-order valence-electron chi connectivity index (χ4n) is 3.64. The van der Waals surface area contributed by atoms with Gasteiger partial charge >= 0.3 is 0 Å². The highest BCUT2D eigenvalue weighted by Crippen LogP contribution is 2.45. The van der Waals surface area contributed by atoms with Crippen LogP contribution in [-0.2, 0) is 15.6 Å². The van der Waals surface area contributed by atoms with Gasteiger partial charge in [-0.2, -0.15) is 0 Å². The van der Waals surface area contributed by atoms with Gasteiger partial charge in [0.15, 0.2) is 0 Å². The van der Waals surface area contributed by atoms with Crippen molar-refractivity contribution >= 4 is 29.3 Å². The highest BCUT2D eigenvalue weighted by atomic mass is 32.2. The van der Waals surface area contributed by atoms with Crippen molar-refractivity contribution in [2.75, 3.05) is 7.05 Å². The van der Waals surface area contributed by atoms with E-state index in [4.69, 9.17) is 5.41 Å². The van der Waals surface area contributed by atoms with Gasteiger partial charge in [-0.05, 0) is 42.7 Å². The molecule has 0 aromatic heterocycles. The molecule has 2 aromatic carbocycles. The standard InChI is InChI=1S/C18H21BFN3O2S/c1-11-10-14(20)8-9-15(11)18(2)16(12-4-6-13(19)7-5-12)26(24,25)23(3)17(21)22-18/h4-10,16H,19H2,1-3H3,(H2,21,22)/t16-,18-/m1/s1. The molecule has 0 amide bonds. The smallest absolute Gasteiger partial charge is 0.246 e. The number of hydrogen-bond acceptors (Lipinski definition) is 3. The summed E-state index contributed by atoms with van der Waals surface area (Å²) in [6.07, 6.45) is 0. The summed E-state index contributed by atoms with van der Waals surface area (Å²) in [5, 5.41) is 10.2. The van der Waals surface area contributed by atoms with E-state index >= 15 is 0 Å². The molecule has 0 aliphatic carbocycles. The molecule has 1 heterocycles. The van der Waals surface area contributed by atoms with Gasteiger partial charge in [0, 0.05) is 7.05 Å². The van der Waals surface area contributed by atoms with Crippen molar-refractivity contribution in [1.82, 2.24) is 9.62 Å². The summed E-state index contributed by atoms with van der Waals surface area (Å²) in [5.74, 6) is -0.591. The highest BCUT2D eigenvalue weighted by molar-refractivity contribution is 7.90. The molecule has 0 spiro atoms. The predicted molar refractivity (Wildman–Crippen MR) is 103 cm³/mol. The van der Waals surface area contributed by atoms with Gasteiger partial charge in [0.2, 0.25) is 16.0 Å². The Hall–Kier alpha value is -2.35. The summed E-state index contributed by atoms with van der Waals surface area (Å²) in [7, 11) is -0.550. The molecule has 1 aliphatic rings. The summed E-state index contributed by atoms with van der Waals surface area (Å²) >= 11 is 0. The molecule has 1 aliphatic heterocycles. The van der Waals surface area contributed by atoms with Crippen molar-refractivity contribution in [3.05, 3.63) is 65.0 Å². The molecule has 2 N–H and O–H groups in total. The molecule has 0 saturated carbocycles. The van der Waals surface area contributed by atoms with Crippen LogP contribution in [0.5, 0.6) is 0 Å². The molecule has 0 radical (unpaired) electrons. The molecular weight excluding hydrogens is 352 g/mol. The lowest BCUT2D eigenvalue weighted by atomic mass is 9.81. The average Bonchev–Trinajstić information content (AvgIpc) is 2.54. The van der Waals surface area contributed by atoms with Crippen LogP contribution in [0.25, 0.3) is 0 Å². The largest absolute Gasteiger partial charge is 0.345 e. The van der Waals surface area contributed by atoms with E-state index in [1.54, 1.807) is 32.0 Å². The molecular formula is C18H21BFN3O2S. The van der Waals surface area contributed by atoms with Crippen LogP contribution in [0.3, 0.4) is 0 Å². The van der Waals surface area contributed by atoms with Crippen molar-refractivity contribution < 1.29 is 12.8 Å². The zero-order valence-electron chi connectivity index (χ0n) is 15.2. The number of benzene rings is 2. The van der Waals surface area contributed by atoms with Gasteiger partial charge in [-0.3, -0.25) is 5.41 Å². The minimum absolute atomic E-state index is 0.209. The number of hydrogen-bond donors (Lipinski definition) is 2. The molecule has 1 saturated heterocycles. The molecule has 26 heavy (non-hydrogen) atoms. The van der Waals surface area contributed by atoms with Gasteiger partial charge in [0.05, 0.1) is 5.54 Å². The summed E-state index contributed by atoms with van der Waals surface area (Å²) in [6.45, 7) is 3.49. The van der Waals surface area contributed by atoms with E-state index in [-0.39, 0.29) is 11.8 Å². The quantitative estimate of drug-likeness (QED) is 0.776. The van der Waals surface area contributed by atoms with Crippen LogP contribution in [-0.4, -0.2) is 33.6 Å². The average molecular weight is 373 g/mol.